The Morgan fingerprint density at radius 1 is 1.00 bits per heavy atom. The van der Waals surface area contributed by atoms with Gasteiger partial charge in [-0.1, -0.05) is 84.1 Å². The first-order valence-corrected chi connectivity index (χ1v) is 17.8. The fourth-order valence-corrected chi connectivity index (χ4v) is 7.27. The highest BCUT2D eigenvalue weighted by atomic mass is 16.6. The van der Waals surface area contributed by atoms with E-state index in [9.17, 15) is 14.9 Å². The molecule has 0 spiro atoms. The predicted octanol–water partition coefficient (Wildman–Crippen LogP) is 7.94. The fourth-order valence-electron chi connectivity index (χ4n) is 7.27. The Hall–Kier alpha value is -3.84. The van der Waals surface area contributed by atoms with E-state index in [0.717, 1.165) is 76.2 Å². The summed E-state index contributed by atoms with van der Waals surface area (Å²) in [6.07, 6.45) is 10.7. The average Bonchev–Trinajstić information content (AvgIpc) is 3.64. The molecule has 1 aliphatic heterocycles. The minimum atomic E-state index is -0.610. The van der Waals surface area contributed by atoms with E-state index in [4.69, 9.17) is 19.2 Å². The molecule has 1 aliphatic carbocycles. The van der Waals surface area contributed by atoms with Crippen LogP contribution in [-0.4, -0.2) is 64.0 Å². The number of nitrogens with one attached hydrogen (secondary N) is 1. The molecule has 1 saturated carbocycles. The van der Waals surface area contributed by atoms with E-state index in [0.29, 0.717) is 38.0 Å². The van der Waals surface area contributed by atoms with Crippen LogP contribution in [0.5, 0.6) is 5.88 Å². The molecule has 3 heterocycles. The molecule has 1 amide bonds. The summed E-state index contributed by atoms with van der Waals surface area (Å²) < 4.78 is 19.2. The smallest absolute Gasteiger partial charge is 0.416 e. The van der Waals surface area contributed by atoms with Gasteiger partial charge in [-0.3, -0.25) is 5.10 Å². The highest BCUT2D eigenvalue weighted by Crippen LogP contribution is 2.41. The van der Waals surface area contributed by atoms with E-state index in [1.807, 2.05) is 12.1 Å². The van der Waals surface area contributed by atoms with Crippen molar-refractivity contribution in [1.29, 1.82) is 5.26 Å². The zero-order chi connectivity index (χ0) is 33.3. The Bertz CT molecular complexity index is 1510. The summed E-state index contributed by atoms with van der Waals surface area (Å²) in [5.74, 6) is 0.922. The first-order valence-electron chi connectivity index (χ1n) is 17.8. The van der Waals surface area contributed by atoms with Gasteiger partial charge in [0.2, 0.25) is 5.88 Å². The van der Waals surface area contributed by atoms with Gasteiger partial charge in [-0.25, -0.2) is 19.1 Å². The van der Waals surface area contributed by atoms with Gasteiger partial charge < -0.3 is 19.1 Å². The summed E-state index contributed by atoms with van der Waals surface area (Å²) in [5.41, 5.74) is 2.23. The molecule has 2 aliphatic rings. The number of esters is 1. The molecule has 2 fully saturated rings. The number of nitrogens with zero attached hydrogens (tertiary/aromatic N) is 4. The molecule has 254 valence electrons. The molecule has 10 heteroatoms. The second-order valence-electron chi connectivity index (χ2n) is 13.4. The van der Waals surface area contributed by atoms with Crippen LogP contribution in [0.2, 0.25) is 0 Å². The molecule has 47 heavy (non-hydrogen) atoms. The quantitative estimate of drug-likeness (QED) is 0.187. The minimum absolute atomic E-state index is 0.0291. The Morgan fingerprint density at radius 3 is 2.23 bits per heavy atom. The summed E-state index contributed by atoms with van der Waals surface area (Å²) in [5, 5.41) is 13.6. The number of benzene rings is 1. The van der Waals surface area contributed by atoms with Crippen LogP contribution >= 0.6 is 0 Å². The number of nitriles is 1. The lowest BCUT2D eigenvalue weighted by atomic mass is 9.70. The molecule has 2 atom stereocenters. The molecule has 1 saturated heterocycles. The molecule has 1 N–H and O–H groups in total. The highest BCUT2D eigenvalue weighted by molar-refractivity contribution is 6.01. The second-order valence-corrected chi connectivity index (χ2v) is 13.4. The van der Waals surface area contributed by atoms with Crippen molar-refractivity contribution < 1.29 is 23.8 Å². The third-order valence-corrected chi connectivity index (χ3v) is 9.79. The van der Waals surface area contributed by atoms with Crippen molar-refractivity contribution in [3.05, 3.63) is 41.0 Å². The molecule has 0 bridgehead atoms. The van der Waals surface area contributed by atoms with Gasteiger partial charge in [0.25, 0.3) is 0 Å². The van der Waals surface area contributed by atoms with Crippen LogP contribution in [-0.2, 0) is 15.9 Å². The number of aryl methyl sites for hydroxylation is 1. The first kappa shape index (κ1) is 34.5. The number of hydrogen-bond donors (Lipinski definition) is 1. The van der Waals surface area contributed by atoms with Crippen molar-refractivity contribution in [2.75, 3.05) is 26.3 Å². The predicted molar refractivity (Wildman–Crippen MR) is 180 cm³/mol. The van der Waals surface area contributed by atoms with Crippen molar-refractivity contribution in [2.24, 2.45) is 17.8 Å². The van der Waals surface area contributed by atoms with Crippen LogP contribution in [0.4, 0.5) is 4.79 Å². The number of ether oxygens (including phenoxy) is 3. The molecule has 1 aromatic carbocycles. The zero-order valence-corrected chi connectivity index (χ0v) is 28.6. The third kappa shape index (κ3) is 8.01. The van der Waals surface area contributed by atoms with Crippen molar-refractivity contribution in [3.8, 4) is 23.3 Å². The molecule has 2 aromatic heterocycles. The standard InChI is InChI=1S/C37H51N5O5/c1-5-8-11-26-14-16-27(17-15-26)33-39-34-31(30(24-38)35(42(34)40-33)47-37(44)41-18-20-45-21-19-41)36(43)46-32-28(12-9-6-2)22-25(4)23-29(32)13-10-7-3/h14-17,25,28-29,32H,5-13,18-23H2,1-4H3,(H,39,40). The lowest BCUT2D eigenvalue weighted by Gasteiger charge is -2.40. The van der Waals surface area contributed by atoms with Crippen molar-refractivity contribution in [2.45, 2.75) is 104 Å². The van der Waals surface area contributed by atoms with Crippen LogP contribution in [0.1, 0.15) is 113 Å². The number of carbonyl (C=O) groups excluding carboxylic acids is 2. The maximum atomic E-state index is 14.3. The second kappa shape index (κ2) is 16.3. The Labute approximate surface area is 278 Å². The van der Waals surface area contributed by atoms with Crippen molar-refractivity contribution in [3.63, 3.8) is 0 Å². The molecule has 0 radical (unpaired) electrons. The van der Waals surface area contributed by atoms with Crippen molar-refractivity contribution >= 4 is 17.7 Å². The molecule has 5 rings (SSSR count). The number of rotatable bonds is 13. The normalized spacial score (nSPS) is 21.5. The summed E-state index contributed by atoms with van der Waals surface area (Å²) >= 11 is 0. The topological polar surface area (TPSA) is 122 Å². The number of aromatic nitrogens is 3. The van der Waals surface area contributed by atoms with Gasteiger partial charge in [-0.2, -0.15) is 5.26 Å². The Balaban J connectivity index is 1.53. The number of morpholine rings is 1. The number of hydrogen-bond acceptors (Lipinski definition) is 7. The van der Waals surface area contributed by atoms with Gasteiger partial charge in [0.15, 0.2) is 11.5 Å². The van der Waals surface area contributed by atoms with Crippen LogP contribution in [0.15, 0.2) is 24.3 Å². The van der Waals surface area contributed by atoms with E-state index < -0.39 is 12.1 Å². The fraction of sp³-hybridized carbons (Fsp3) is 0.622. The van der Waals surface area contributed by atoms with Crippen LogP contribution in [0.3, 0.4) is 0 Å². The van der Waals surface area contributed by atoms with Crippen LogP contribution in [0, 0.1) is 29.1 Å². The first-order chi connectivity index (χ1) is 22.9. The summed E-state index contributed by atoms with van der Waals surface area (Å²) in [4.78, 5) is 33.9. The van der Waals surface area contributed by atoms with Gasteiger partial charge in [0.1, 0.15) is 23.3 Å². The summed E-state index contributed by atoms with van der Waals surface area (Å²) in [6.45, 7) is 10.4. The Morgan fingerprint density at radius 2 is 1.64 bits per heavy atom. The van der Waals surface area contributed by atoms with Crippen molar-refractivity contribution in [1.82, 2.24) is 19.5 Å². The zero-order valence-electron chi connectivity index (χ0n) is 28.6. The van der Waals surface area contributed by atoms with E-state index in [2.05, 4.69) is 51.0 Å². The molecule has 10 nitrogen and oxygen atoms in total. The molecule has 2 unspecified atom stereocenters. The molecular formula is C37H51N5O5. The minimum Gasteiger partial charge on any atom is -0.458 e. The number of unbranched alkanes of at least 4 members (excludes halogenated alkanes) is 3. The number of aromatic amines is 1. The Kier molecular flexibility index (Phi) is 12.0. The van der Waals surface area contributed by atoms with Gasteiger partial charge in [0.05, 0.1) is 13.2 Å². The van der Waals surface area contributed by atoms with E-state index in [1.165, 1.54) is 15.0 Å². The summed E-state index contributed by atoms with van der Waals surface area (Å²) in [7, 11) is 0. The van der Waals surface area contributed by atoms with Gasteiger partial charge in [-0.05, 0) is 61.8 Å². The summed E-state index contributed by atoms with van der Waals surface area (Å²) in [6, 6.07) is 10.3. The van der Waals surface area contributed by atoms with E-state index in [-0.39, 0.29) is 40.6 Å². The highest BCUT2D eigenvalue weighted by Gasteiger charge is 2.40. The monoisotopic (exact) mass is 645 g/mol. The van der Waals surface area contributed by atoms with Gasteiger partial charge in [0, 0.05) is 18.7 Å². The number of amides is 1. The van der Waals surface area contributed by atoms with E-state index in [1.54, 1.807) is 0 Å². The third-order valence-electron chi connectivity index (χ3n) is 9.79. The molecule has 3 aromatic rings. The van der Waals surface area contributed by atoms with Crippen LogP contribution in [0.25, 0.3) is 17.0 Å². The lowest BCUT2D eigenvalue weighted by molar-refractivity contribution is -0.0393. The molecular weight excluding hydrogens is 594 g/mol. The number of H-pyrrole nitrogens is 1. The number of carbonyl (C=O) groups is 2. The lowest BCUT2D eigenvalue weighted by Crippen LogP contribution is -2.42. The van der Waals surface area contributed by atoms with Crippen LogP contribution < -0.4 is 4.74 Å². The maximum Gasteiger partial charge on any atom is 0.416 e. The van der Waals surface area contributed by atoms with E-state index >= 15 is 0 Å². The number of fused-ring (bicyclic) bond motifs is 1. The van der Waals surface area contributed by atoms with Gasteiger partial charge in [-0.15, -0.1) is 0 Å². The van der Waals surface area contributed by atoms with Gasteiger partial charge >= 0.3 is 12.1 Å². The average molecular weight is 646 g/mol. The maximum absolute atomic E-state index is 14.3. The SMILES string of the molecule is CCCCc1ccc(-c2nc3c(C(=O)OC4C(CCCC)CC(C)CC4CCCC)c(C#N)c(OC(=O)N4CCOCC4)n3[nH]2)cc1. The largest absolute Gasteiger partial charge is 0.458 e.